The minimum atomic E-state index is -8.76. The van der Waals surface area contributed by atoms with E-state index in [0.717, 1.165) is 0 Å². The van der Waals surface area contributed by atoms with Gasteiger partial charge in [-0.2, -0.15) is 52.7 Å². The maximum atomic E-state index is 12.9. The summed E-state index contributed by atoms with van der Waals surface area (Å²) in [5.74, 6) is 0. The van der Waals surface area contributed by atoms with E-state index in [2.05, 4.69) is 0 Å². The van der Waals surface area contributed by atoms with E-state index in [-0.39, 0.29) is 0 Å². The lowest BCUT2D eigenvalue weighted by atomic mass is 10.7. The quantitative estimate of drug-likeness (QED) is 0.662. The van der Waals surface area contributed by atoms with Crippen LogP contribution in [-0.2, 0) is 19.7 Å². The van der Waals surface area contributed by atoms with Crippen molar-refractivity contribution in [2.75, 3.05) is 0 Å². The topological polar surface area (TPSA) is 68.3 Å². The summed E-state index contributed by atoms with van der Waals surface area (Å²) in [6.45, 7) is 0. The van der Waals surface area contributed by atoms with Gasteiger partial charge in [-0.05, 0) is 0 Å². The fourth-order valence-electron chi connectivity index (χ4n) is 0.748. The van der Waals surface area contributed by atoms with E-state index in [4.69, 9.17) is 0 Å². The fraction of sp³-hybridized carbons (Fsp3) is 1.00. The van der Waals surface area contributed by atoms with Crippen LogP contribution in [0.25, 0.3) is 0 Å². The molecule has 0 aromatic heterocycles. The van der Waals surface area contributed by atoms with Crippen LogP contribution in [-0.4, -0.2) is 44.3 Å². The molecule has 0 aromatic carbocycles. The first-order valence-corrected chi connectivity index (χ1v) is 7.22. The molecule has 0 aromatic rings. The molecule has 0 saturated carbocycles. The van der Waals surface area contributed by atoms with Gasteiger partial charge in [-0.3, -0.25) is 0 Å². The molecule has 0 saturated heterocycles. The molecule has 0 radical (unpaired) electrons. The summed E-state index contributed by atoms with van der Waals surface area (Å²) < 4.78 is 180. The molecular formula is C5F12O4S2. The summed E-state index contributed by atoms with van der Waals surface area (Å²) in [4.78, 5) is 0. The van der Waals surface area contributed by atoms with E-state index in [1.807, 2.05) is 0 Å². The number of sulfone groups is 2. The first-order valence-electron chi connectivity index (χ1n) is 4.25. The fourth-order valence-corrected chi connectivity index (χ4v) is 3.74. The lowest BCUT2D eigenvalue weighted by Gasteiger charge is -2.28. The van der Waals surface area contributed by atoms with E-state index in [1.54, 1.807) is 0 Å². The summed E-state index contributed by atoms with van der Waals surface area (Å²) in [6.07, 6.45) is -14.9. The van der Waals surface area contributed by atoms with E-state index in [1.165, 1.54) is 0 Å². The van der Waals surface area contributed by atoms with Crippen molar-refractivity contribution < 1.29 is 69.5 Å². The normalized spacial score (nSPS) is 16.5. The second-order valence-electron chi connectivity index (χ2n) is 3.50. The van der Waals surface area contributed by atoms with Crippen LogP contribution in [0, 0.1) is 0 Å². The predicted molar refractivity (Wildman–Crippen MR) is 44.8 cm³/mol. The maximum absolute atomic E-state index is 12.9. The number of rotatable bonds is 4. The third-order valence-electron chi connectivity index (χ3n) is 1.96. The average molecular weight is 416 g/mol. The van der Waals surface area contributed by atoms with Gasteiger partial charge in [-0.25, -0.2) is 16.8 Å². The first kappa shape index (κ1) is 22.1. The summed E-state index contributed by atoms with van der Waals surface area (Å²) in [5.41, 5.74) is 0. The van der Waals surface area contributed by atoms with Gasteiger partial charge in [0, 0.05) is 0 Å². The van der Waals surface area contributed by atoms with Gasteiger partial charge in [0.1, 0.15) is 0 Å². The van der Waals surface area contributed by atoms with Crippen molar-refractivity contribution in [2.45, 2.75) is 27.4 Å². The van der Waals surface area contributed by atoms with Crippen LogP contribution in [0.3, 0.4) is 0 Å². The van der Waals surface area contributed by atoms with Gasteiger partial charge in [-0.1, -0.05) is 0 Å². The molecule has 0 rings (SSSR count). The largest absolute Gasteiger partial charge is 0.469 e. The average Bonchev–Trinajstić information content (AvgIpc) is 2.24. The zero-order valence-corrected chi connectivity index (χ0v) is 11.1. The van der Waals surface area contributed by atoms with Gasteiger partial charge >= 0.3 is 47.1 Å². The number of alkyl halides is 12. The molecule has 0 unspecified atom stereocenters. The minimum Gasteiger partial charge on any atom is -0.215 e. The lowest BCUT2D eigenvalue weighted by Crippen LogP contribution is -2.59. The van der Waals surface area contributed by atoms with Crippen LogP contribution >= 0.6 is 0 Å². The molecule has 0 heterocycles. The molecule has 0 aliphatic rings. The van der Waals surface area contributed by atoms with Crippen molar-refractivity contribution >= 4 is 19.7 Å². The Balaban J connectivity index is 6.64. The van der Waals surface area contributed by atoms with Crippen molar-refractivity contribution in [1.82, 2.24) is 0 Å². The SMILES string of the molecule is O=S(=O)(C(F)(F)C(F)(F)F)C(F)(F)S(=O)(=O)C(F)(F)C(F)(F)F. The Bertz CT molecular complexity index is 607. The molecule has 0 aliphatic carbocycles. The third-order valence-corrected chi connectivity index (χ3v) is 6.34. The van der Waals surface area contributed by atoms with Crippen LogP contribution in [0.2, 0.25) is 0 Å². The van der Waals surface area contributed by atoms with Gasteiger partial charge in [-0.15, -0.1) is 0 Å². The van der Waals surface area contributed by atoms with Crippen molar-refractivity contribution in [3.63, 3.8) is 0 Å². The highest BCUT2D eigenvalue weighted by atomic mass is 32.3. The van der Waals surface area contributed by atoms with Gasteiger partial charge in [0.25, 0.3) is 0 Å². The van der Waals surface area contributed by atoms with Gasteiger partial charge in [0.2, 0.25) is 0 Å². The van der Waals surface area contributed by atoms with Crippen molar-refractivity contribution in [2.24, 2.45) is 0 Å². The van der Waals surface area contributed by atoms with Crippen LogP contribution in [0.5, 0.6) is 0 Å². The second kappa shape index (κ2) is 5.03. The molecule has 0 spiro atoms. The molecule has 18 heteroatoms. The van der Waals surface area contributed by atoms with Gasteiger partial charge < -0.3 is 0 Å². The van der Waals surface area contributed by atoms with Crippen LogP contribution in [0.4, 0.5) is 52.7 Å². The highest BCUT2D eigenvalue weighted by Crippen LogP contribution is 2.53. The van der Waals surface area contributed by atoms with Crippen molar-refractivity contribution in [1.29, 1.82) is 0 Å². The molecule has 23 heavy (non-hydrogen) atoms. The zero-order chi connectivity index (χ0) is 19.5. The summed E-state index contributed by atoms with van der Waals surface area (Å²) in [5, 5.41) is -15.3. The van der Waals surface area contributed by atoms with Crippen molar-refractivity contribution in [3.05, 3.63) is 0 Å². The molecular weight excluding hydrogens is 416 g/mol. The molecule has 0 fully saturated rings. The standard InChI is InChI=1S/C5F12O4S2/c6-1(7,8)3(12,13)22(18,19)5(16,17)23(20,21)4(14,15)2(9,10)11. The maximum Gasteiger partial charge on any atom is 0.469 e. The Morgan fingerprint density at radius 2 is 0.609 bits per heavy atom. The Hall–Kier alpha value is -0.940. The van der Waals surface area contributed by atoms with Crippen molar-refractivity contribution in [3.8, 4) is 0 Å². The molecule has 140 valence electrons. The lowest BCUT2D eigenvalue weighted by molar-refractivity contribution is -0.245. The summed E-state index contributed by atoms with van der Waals surface area (Å²) >= 11 is 0. The third kappa shape index (κ3) is 2.72. The summed E-state index contributed by atoms with van der Waals surface area (Å²) in [6, 6.07) is 0. The smallest absolute Gasteiger partial charge is 0.215 e. The molecule has 0 atom stereocenters. The number of hydrogen-bond donors (Lipinski definition) is 0. The minimum absolute atomic E-state index is 7.43. The molecule has 0 aliphatic heterocycles. The second-order valence-corrected chi connectivity index (χ2v) is 7.82. The number of halogens is 12. The molecule has 0 N–H and O–H groups in total. The van der Waals surface area contributed by atoms with Gasteiger partial charge in [0.15, 0.2) is 0 Å². The summed E-state index contributed by atoms with van der Waals surface area (Å²) in [7, 11) is -17.5. The molecule has 4 nitrogen and oxygen atoms in total. The van der Waals surface area contributed by atoms with Crippen LogP contribution in [0.1, 0.15) is 0 Å². The Morgan fingerprint density at radius 3 is 0.739 bits per heavy atom. The Labute approximate surface area is 117 Å². The highest BCUT2D eigenvalue weighted by Gasteiger charge is 2.84. The van der Waals surface area contributed by atoms with Crippen LogP contribution in [0.15, 0.2) is 0 Å². The highest BCUT2D eigenvalue weighted by molar-refractivity contribution is 8.10. The zero-order valence-electron chi connectivity index (χ0n) is 9.49. The molecule has 0 bridgehead atoms. The van der Waals surface area contributed by atoms with E-state index in [0.29, 0.717) is 0 Å². The number of hydrogen-bond acceptors (Lipinski definition) is 4. The van der Waals surface area contributed by atoms with Crippen LogP contribution < -0.4 is 0 Å². The monoisotopic (exact) mass is 416 g/mol. The van der Waals surface area contributed by atoms with E-state index in [9.17, 15) is 69.5 Å². The Morgan fingerprint density at radius 1 is 0.435 bits per heavy atom. The first-order chi connectivity index (χ1) is 9.50. The Kier molecular flexibility index (Phi) is 4.82. The predicted octanol–water partition coefficient (Wildman–Crippen LogP) is 2.68. The van der Waals surface area contributed by atoms with E-state index < -0.39 is 47.1 Å². The van der Waals surface area contributed by atoms with E-state index >= 15 is 0 Å². The molecule has 0 amide bonds. The van der Waals surface area contributed by atoms with Gasteiger partial charge in [0.05, 0.1) is 0 Å².